The number of amides is 4. The maximum Gasteiger partial charge on any atom is 0.407 e. The molecule has 19 heteroatoms. The van der Waals surface area contributed by atoms with Crippen LogP contribution in [0.1, 0.15) is 137 Å². The molecule has 2 saturated heterocycles. The minimum Gasteiger partial charge on any atom is -0.504 e. The van der Waals surface area contributed by atoms with Crippen molar-refractivity contribution in [2.75, 3.05) is 56.9 Å². The second-order valence-corrected chi connectivity index (χ2v) is 19.5. The molecular formula is C54H83N7O12. The first-order chi connectivity index (χ1) is 34.4. The number of likely N-dealkylation sites (tertiary alicyclic amines) is 1. The molecule has 5 rings (SSSR count). The van der Waals surface area contributed by atoms with Gasteiger partial charge in [-0.3, -0.25) is 14.5 Å². The van der Waals surface area contributed by atoms with Crippen molar-refractivity contribution in [1.29, 1.82) is 0 Å². The van der Waals surface area contributed by atoms with Crippen LogP contribution in [0.15, 0.2) is 48.5 Å². The van der Waals surface area contributed by atoms with Crippen LogP contribution in [0.25, 0.3) is 0 Å². The van der Waals surface area contributed by atoms with Crippen LogP contribution in [0.2, 0.25) is 0 Å². The number of carbonyl (C=O) groups is 6. The Kier molecular flexibility index (Phi) is 25.4. The van der Waals surface area contributed by atoms with Gasteiger partial charge in [-0.15, -0.1) is 0 Å². The monoisotopic (exact) mass is 1020 g/mol. The predicted molar refractivity (Wildman–Crippen MR) is 284 cm³/mol. The van der Waals surface area contributed by atoms with Crippen molar-refractivity contribution in [2.45, 2.75) is 149 Å². The lowest BCUT2D eigenvalue weighted by Gasteiger charge is -2.35. The van der Waals surface area contributed by atoms with Crippen LogP contribution in [0, 0.1) is 5.92 Å². The Morgan fingerprint density at radius 2 is 1.23 bits per heavy atom. The molecular weight excluding hydrogens is 939 g/mol. The summed E-state index contributed by atoms with van der Waals surface area (Å²) >= 11 is 0. The second kappa shape index (κ2) is 29.7. The van der Waals surface area contributed by atoms with E-state index in [1.165, 1.54) is 25.5 Å². The van der Waals surface area contributed by atoms with Crippen molar-refractivity contribution >= 4 is 53.6 Å². The Hall–Kier alpha value is -6.76. The molecule has 4 amide bonds. The van der Waals surface area contributed by atoms with Gasteiger partial charge < -0.3 is 70.6 Å². The quantitative estimate of drug-likeness (QED) is 0.0403. The van der Waals surface area contributed by atoms with E-state index in [0.29, 0.717) is 44.2 Å². The highest BCUT2D eigenvalue weighted by Crippen LogP contribution is 2.60. The maximum atomic E-state index is 13.4. The molecule has 73 heavy (non-hydrogen) atoms. The van der Waals surface area contributed by atoms with Crippen molar-refractivity contribution < 1.29 is 58.7 Å². The van der Waals surface area contributed by atoms with Gasteiger partial charge in [-0.1, -0.05) is 86.1 Å². The summed E-state index contributed by atoms with van der Waals surface area (Å²) in [5.74, 6) is -2.67. The molecule has 2 fully saturated rings. The minimum atomic E-state index is -0.859. The number of likely N-dealkylation sites (N-methyl/N-ethyl adjacent to an activating group) is 1. The van der Waals surface area contributed by atoms with E-state index >= 15 is 0 Å². The van der Waals surface area contributed by atoms with Crippen LogP contribution in [-0.2, 0) is 34.1 Å². The number of carbonyl (C=O) groups excluding carboxylic acids is 6. The van der Waals surface area contributed by atoms with Crippen molar-refractivity contribution in [2.24, 2.45) is 5.92 Å². The number of rotatable bonds is 15. The largest absolute Gasteiger partial charge is 0.504 e. The summed E-state index contributed by atoms with van der Waals surface area (Å²) in [7, 11) is 6.26. The van der Waals surface area contributed by atoms with Crippen LogP contribution < -0.4 is 26.2 Å². The van der Waals surface area contributed by atoms with Crippen LogP contribution in [0.5, 0.6) is 23.0 Å². The second-order valence-electron chi connectivity index (χ2n) is 19.5. The average Bonchev–Trinajstić information content (AvgIpc) is 4.04. The number of alkyl carbamates (subject to hydrolysis) is 2. The highest BCUT2D eigenvalue weighted by Gasteiger charge is 2.42. The third kappa shape index (κ3) is 17.2. The van der Waals surface area contributed by atoms with E-state index in [9.17, 15) is 49.2 Å². The van der Waals surface area contributed by atoms with Crippen LogP contribution in [-0.4, -0.2) is 132 Å². The molecule has 2 aliphatic rings. The Labute approximate surface area is 432 Å². The normalized spacial score (nSPS) is 17.2. The lowest BCUT2D eigenvalue weighted by molar-refractivity contribution is -0.137. The van der Waals surface area contributed by atoms with E-state index < -0.39 is 64.8 Å². The molecule has 0 radical (unpaired) electrons. The molecule has 19 nitrogen and oxygen atoms in total. The fourth-order valence-electron chi connectivity index (χ4n) is 8.37. The summed E-state index contributed by atoms with van der Waals surface area (Å²) in [6.07, 6.45) is 5.09. The third-order valence-electron chi connectivity index (χ3n) is 12.4. The number of aldehydes is 2. The molecule has 0 aliphatic carbocycles. The van der Waals surface area contributed by atoms with Crippen molar-refractivity contribution in [1.82, 2.24) is 20.4 Å². The molecule has 0 saturated carbocycles. The van der Waals surface area contributed by atoms with Crippen molar-refractivity contribution in [3.05, 3.63) is 65.2 Å². The van der Waals surface area contributed by atoms with Gasteiger partial charge in [-0.25, -0.2) is 9.59 Å². The number of ether oxygens (including phenoxy) is 2. The van der Waals surface area contributed by atoms with Crippen molar-refractivity contribution in [3.63, 3.8) is 0 Å². The fraction of sp³-hybridized carbons (Fsp3) is 0.556. The van der Waals surface area contributed by atoms with Crippen LogP contribution >= 0.6 is 0 Å². The number of hydrogen-bond acceptors (Lipinski definition) is 15. The number of benzene rings is 3. The van der Waals surface area contributed by atoms with Crippen LogP contribution in [0.3, 0.4) is 0 Å². The summed E-state index contributed by atoms with van der Waals surface area (Å²) < 4.78 is 8.91. The van der Waals surface area contributed by atoms with E-state index in [1.807, 2.05) is 81.1 Å². The molecule has 6 atom stereocenters. The summed E-state index contributed by atoms with van der Waals surface area (Å²) in [5, 5.41) is 56.1. The maximum absolute atomic E-state index is 13.4. The Morgan fingerprint density at radius 1 is 0.753 bits per heavy atom. The summed E-state index contributed by atoms with van der Waals surface area (Å²) in [6.45, 7) is 20.2. The van der Waals surface area contributed by atoms with E-state index in [-0.39, 0.29) is 41.1 Å². The number of aromatic hydroxyl groups is 4. The number of anilines is 3. The van der Waals surface area contributed by atoms with Gasteiger partial charge in [-0.2, -0.15) is 0 Å². The minimum absolute atomic E-state index is 0.0405. The zero-order valence-corrected chi connectivity index (χ0v) is 45.4. The SMILES string of the molecule is CCC.CCCN(C)[C@@H](C)C=O.CNc1ccc([C@@H]2CCC(c3ccc(NC(=O)C4CCCN4C(=O)[C@H](C)NC(=O)OC)cc3)N2c2c(O)c(O)c(C(C)(C)C)c(O)c2O)cc1.COC(=O)NC(C=O)C(C)C. The highest BCUT2D eigenvalue weighted by molar-refractivity contribution is 5.98. The number of methoxy groups -OCH3 is 2. The Morgan fingerprint density at radius 3 is 1.64 bits per heavy atom. The highest BCUT2D eigenvalue weighted by atomic mass is 16.5. The van der Waals surface area contributed by atoms with E-state index in [2.05, 4.69) is 51.5 Å². The molecule has 3 aromatic carbocycles. The Bertz CT molecular complexity index is 2220. The van der Waals surface area contributed by atoms with Gasteiger partial charge in [-0.05, 0) is 106 Å². The number of nitrogens with zero attached hydrogens (tertiary/aromatic N) is 3. The third-order valence-corrected chi connectivity index (χ3v) is 12.4. The molecule has 3 aromatic rings. The molecule has 0 aromatic heterocycles. The van der Waals surface area contributed by atoms with Crippen molar-refractivity contribution in [3.8, 4) is 23.0 Å². The number of hydrogen-bond donors (Lipinski definition) is 8. The zero-order chi connectivity index (χ0) is 55.3. The van der Waals surface area contributed by atoms with Gasteiger partial charge in [0.15, 0.2) is 23.0 Å². The molecule has 0 spiro atoms. The van der Waals surface area contributed by atoms with Gasteiger partial charge in [0.25, 0.3) is 0 Å². The number of phenols is 4. The van der Waals surface area contributed by atoms with Gasteiger partial charge in [0.1, 0.15) is 30.3 Å². The van der Waals surface area contributed by atoms with E-state index in [4.69, 9.17) is 0 Å². The molecule has 3 unspecified atom stereocenters. The molecule has 8 N–H and O–H groups in total. The first-order valence-corrected chi connectivity index (χ1v) is 25.0. The molecule has 2 aliphatic heterocycles. The topological polar surface area (TPSA) is 260 Å². The zero-order valence-electron chi connectivity index (χ0n) is 45.4. The summed E-state index contributed by atoms with van der Waals surface area (Å²) in [5.41, 5.74) is 2.35. The first-order valence-electron chi connectivity index (χ1n) is 25.0. The van der Waals surface area contributed by atoms with Gasteiger partial charge in [0.2, 0.25) is 11.8 Å². The lowest BCUT2D eigenvalue weighted by Crippen LogP contribution is -2.51. The van der Waals surface area contributed by atoms with Crippen LogP contribution in [0.4, 0.5) is 26.7 Å². The molecule has 0 bridgehead atoms. The predicted octanol–water partition coefficient (Wildman–Crippen LogP) is 8.50. The first kappa shape index (κ1) is 62.4. The smallest absolute Gasteiger partial charge is 0.407 e. The number of nitrogens with one attached hydrogen (secondary N) is 4. The lowest BCUT2D eigenvalue weighted by atomic mass is 9.84. The Balaban J connectivity index is 0.000000657. The van der Waals surface area contributed by atoms with E-state index in [1.54, 1.807) is 39.8 Å². The fourth-order valence-corrected chi connectivity index (χ4v) is 8.37. The molecule has 2 heterocycles. The molecule has 406 valence electrons. The van der Waals surface area contributed by atoms with Gasteiger partial charge in [0.05, 0.1) is 38.4 Å². The van der Waals surface area contributed by atoms with Gasteiger partial charge in [0, 0.05) is 30.5 Å². The standard InChI is InChI=1S/C37H47N5O8.C7H13NO3.C7H15NO.C3H8/c1-20(39-36(49)50-6)35(48)41-19-7-8-27(41)34(47)40-24-15-11-22(12-16-24)26-18-17-25(21-9-13-23(38-5)14-10-21)42(26)29-32(45)30(43)28(37(2,3)4)31(44)33(29)46;1-5(2)6(4-9)8-7(10)11-3;1-4-5-8(3)7(2)6-9;1-3-2/h9-16,20,25-27,38,43-46H,7-8,17-19H2,1-6H3,(H,39,49)(H,40,47);4-6H,1-3H3,(H,8,10);6-7H,4-5H2,1-3H3;3H2,1-2H3/t20-,25-,26?,27?;;7-;/m0.0./s1. The van der Waals surface area contributed by atoms with E-state index in [0.717, 1.165) is 36.1 Å². The summed E-state index contributed by atoms with van der Waals surface area (Å²) in [6, 6.07) is 12.3. The van der Waals surface area contributed by atoms with Gasteiger partial charge >= 0.3 is 12.2 Å². The average molecular weight is 1020 g/mol. The number of phenolic OH excluding ortho intramolecular Hbond substituents is 4. The summed E-state index contributed by atoms with van der Waals surface area (Å²) in [4.78, 5) is 74.4.